The number of carbonyl (C=O) groups is 1. The van der Waals surface area contributed by atoms with E-state index in [0.29, 0.717) is 12.6 Å². The SMILES string of the molecule is O=C(O)C(F)(F)F.O=S(=O)(Nc1ccc(-c2nc3ccccc3n2Cc2ccccc2)cc1)c1ccc(F)cc1F. The van der Waals surface area contributed by atoms with Gasteiger partial charge >= 0.3 is 12.1 Å². The van der Waals surface area contributed by atoms with Crippen LogP contribution in [0.5, 0.6) is 0 Å². The third kappa shape index (κ3) is 7.06. The molecule has 0 bridgehead atoms. The zero-order valence-electron chi connectivity index (χ0n) is 20.8. The summed E-state index contributed by atoms with van der Waals surface area (Å²) in [7, 11) is -4.22. The molecule has 0 spiro atoms. The summed E-state index contributed by atoms with van der Waals surface area (Å²) in [6, 6.07) is 26.9. The largest absolute Gasteiger partial charge is 0.490 e. The lowest BCUT2D eigenvalue weighted by molar-refractivity contribution is -0.192. The van der Waals surface area contributed by atoms with Gasteiger partial charge in [-0.2, -0.15) is 13.2 Å². The predicted octanol–water partition coefficient (Wildman–Crippen LogP) is 6.46. The third-order valence-corrected chi connectivity index (χ3v) is 7.07. The average molecular weight is 590 g/mol. The van der Waals surface area contributed by atoms with Crippen molar-refractivity contribution in [3.63, 3.8) is 0 Å². The molecule has 41 heavy (non-hydrogen) atoms. The van der Waals surface area contributed by atoms with E-state index in [1.165, 1.54) is 0 Å². The Bertz CT molecular complexity index is 1790. The highest BCUT2D eigenvalue weighted by atomic mass is 32.2. The van der Waals surface area contributed by atoms with Gasteiger partial charge in [-0.15, -0.1) is 0 Å². The van der Waals surface area contributed by atoms with Gasteiger partial charge in [0.1, 0.15) is 22.4 Å². The zero-order valence-corrected chi connectivity index (χ0v) is 21.6. The smallest absolute Gasteiger partial charge is 0.475 e. The normalized spacial score (nSPS) is 11.5. The van der Waals surface area contributed by atoms with E-state index < -0.39 is 38.7 Å². The van der Waals surface area contributed by atoms with Crippen molar-refractivity contribution < 1.29 is 40.3 Å². The van der Waals surface area contributed by atoms with Crippen LogP contribution in [0.2, 0.25) is 0 Å². The first-order valence-electron chi connectivity index (χ1n) is 11.7. The second-order valence-corrected chi connectivity index (χ2v) is 10.2. The van der Waals surface area contributed by atoms with Gasteiger partial charge in [-0.1, -0.05) is 42.5 Å². The van der Waals surface area contributed by atoms with E-state index in [1.54, 1.807) is 24.3 Å². The maximum atomic E-state index is 14.0. The van der Waals surface area contributed by atoms with Crippen LogP contribution < -0.4 is 4.72 Å². The molecule has 0 saturated carbocycles. The second-order valence-electron chi connectivity index (χ2n) is 8.56. The van der Waals surface area contributed by atoms with E-state index in [4.69, 9.17) is 14.9 Å². The van der Waals surface area contributed by atoms with E-state index >= 15 is 0 Å². The Morgan fingerprint density at radius 2 is 1.49 bits per heavy atom. The second kappa shape index (κ2) is 11.8. The fraction of sp³-hybridized carbons (Fsp3) is 0.0714. The molecule has 4 aromatic carbocycles. The summed E-state index contributed by atoms with van der Waals surface area (Å²) in [6.45, 7) is 0.620. The number of rotatable bonds is 6. The molecule has 0 aliphatic heterocycles. The maximum absolute atomic E-state index is 14.0. The van der Waals surface area contributed by atoms with Crippen molar-refractivity contribution in [1.82, 2.24) is 9.55 Å². The van der Waals surface area contributed by atoms with Gasteiger partial charge in [0.25, 0.3) is 10.0 Å². The molecule has 0 saturated heterocycles. The van der Waals surface area contributed by atoms with E-state index in [1.807, 2.05) is 54.6 Å². The number of benzene rings is 4. The molecule has 0 aliphatic rings. The number of anilines is 1. The zero-order chi connectivity index (χ0) is 29.8. The van der Waals surface area contributed by atoms with Crippen LogP contribution in [0, 0.1) is 11.6 Å². The van der Waals surface area contributed by atoms with Crippen LogP contribution in [0.4, 0.5) is 27.6 Å². The number of alkyl halides is 3. The standard InChI is InChI=1S/C26H19F2N3O2S.C2HF3O2/c27-20-12-15-25(22(28)16-20)34(32,33)30-21-13-10-19(11-14-21)26-29-23-8-4-5-9-24(23)31(26)17-18-6-2-1-3-7-18;3-2(4,5)1(6)7/h1-16,30H,17H2;(H,6,7). The van der Waals surface area contributed by atoms with E-state index in [2.05, 4.69) is 9.29 Å². The molecular weight excluding hydrogens is 569 g/mol. The Labute approximate surface area is 230 Å². The van der Waals surface area contributed by atoms with Crippen molar-refractivity contribution in [2.45, 2.75) is 17.6 Å². The number of halogens is 5. The van der Waals surface area contributed by atoms with Crippen molar-refractivity contribution in [3.05, 3.63) is 114 Å². The van der Waals surface area contributed by atoms with Crippen molar-refractivity contribution >= 4 is 32.7 Å². The summed E-state index contributed by atoms with van der Waals surface area (Å²) in [5, 5.41) is 7.12. The van der Waals surface area contributed by atoms with Gasteiger partial charge in [0.15, 0.2) is 0 Å². The van der Waals surface area contributed by atoms with Crippen molar-refractivity contribution in [1.29, 1.82) is 0 Å². The fourth-order valence-corrected chi connectivity index (χ4v) is 4.93. The van der Waals surface area contributed by atoms with Gasteiger partial charge in [0.05, 0.1) is 11.0 Å². The van der Waals surface area contributed by atoms with Gasteiger partial charge < -0.3 is 9.67 Å². The van der Waals surface area contributed by atoms with Gasteiger partial charge in [-0.3, -0.25) is 4.72 Å². The number of fused-ring (bicyclic) bond motifs is 1. The number of carboxylic acids is 1. The number of imidazole rings is 1. The molecule has 13 heteroatoms. The highest BCUT2D eigenvalue weighted by molar-refractivity contribution is 7.92. The quantitative estimate of drug-likeness (QED) is 0.221. The number of nitrogens with one attached hydrogen (secondary N) is 1. The molecule has 2 N–H and O–H groups in total. The lowest BCUT2D eigenvalue weighted by atomic mass is 10.2. The summed E-state index contributed by atoms with van der Waals surface area (Å²) in [5.74, 6) is -4.02. The molecule has 0 radical (unpaired) electrons. The predicted molar refractivity (Wildman–Crippen MR) is 142 cm³/mol. The molecule has 0 atom stereocenters. The van der Waals surface area contributed by atoms with Crippen molar-refractivity contribution in [3.8, 4) is 11.4 Å². The number of nitrogens with zero attached hydrogens (tertiary/aromatic N) is 2. The van der Waals surface area contributed by atoms with Crippen LogP contribution in [-0.4, -0.2) is 35.2 Å². The first-order valence-corrected chi connectivity index (χ1v) is 13.2. The van der Waals surface area contributed by atoms with Crippen molar-refractivity contribution in [2.75, 3.05) is 4.72 Å². The Morgan fingerprint density at radius 3 is 2.10 bits per heavy atom. The molecule has 0 fully saturated rings. The summed E-state index contributed by atoms with van der Waals surface area (Å²) in [6.07, 6.45) is -5.08. The minimum absolute atomic E-state index is 0.248. The summed E-state index contributed by atoms with van der Waals surface area (Å²) in [5.41, 5.74) is 4.00. The molecule has 1 heterocycles. The fourth-order valence-electron chi connectivity index (χ4n) is 3.81. The number of hydrogen-bond donors (Lipinski definition) is 2. The lowest BCUT2D eigenvalue weighted by Gasteiger charge is -2.12. The monoisotopic (exact) mass is 589 g/mol. The molecule has 7 nitrogen and oxygen atoms in total. The minimum Gasteiger partial charge on any atom is -0.475 e. The van der Waals surface area contributed by atoms with Crippen LogP contribution >= 0.6 is 0 Å². The lowest BCUT2D eigenvalue weighted by Crippen LogP contribution is -2.21. The molecule has 0 aliphatic carbocycles. The molecule has 5 aromatic rings. The highest BCUT2D eigenvalue weighted by Crippen LogP contribution is 2.28. The maximum Gasteiger partial charge on any atom is 0.490 e. The molecule has 1 aromatic heterocycles. The number of para-hydroxylation sites is 2. The van der Waals surface area contributed by atoms with Crippen molar-refractivity contribution in [2.24, 2.45) is 0 Å². The number of sulfonamides is 1. The Hall–Kier alpha value is -4.78. The van der Waals surface area contributed by atoms with Crippen LogP contribution in [0.25, 0.3) is 22.4 Å². The number of carboxylic acid groups (broad SMARTS) is 1. The van der Waals surface area contributed by atoms with Crippen LogP contribution in [0.3, 0.4) is 0 Å². The highest BCUT2D eigenvalue weighted by Gasteiger charge is 2.38. The number of aromatic nitrogens is 2. The van der Waals surface area contributed by atoms with Gasteiger partial charge in [0.2, 0.25) is 0 Å². The minimum atomic E-state index is -5.08. The van der Waals surface area contributed by atoms with E-state index in [9.17, 15) is 30.4 Å². The summed E-state index contributed by atoms with van der Waals surface area (Å²) < 4.78 is 88.5. The molecule has 0 unspecified atom stereocenters. The Morgan fingerprint density at radius 1 is 0.878 bits per heavy atom. The first-order chi connectivity index (χ1) is 19.3. The van der Waals surface area contributed by atoms with Gasteiger partial charge in [0, 0.05) is 23.9 Å². The summed E-state index contributed by atoms with van der Waals surface area (Å²) in [4.78, 5) is 13.1. The Balaban J connectivity index is 0.000000493. The number of hydrogen-bond acceptors (Lipinski definition) is 4. The van der Waals surface area contributed by atoms with E-state index in [0.717, 1.165) is 40.1 Å². The topological polar surface area (TPSA) is 101 Å². The summed E-state index contributed by atoms with van der Waals surface area (Å²) >= 11 is 0. The van der Waals surface area contributed by atoms with Crippen LogP contribution in [0.15, 0.2) is 102 Å². The number of aliphatic carboxylic acids is 1. The molecule has 5 rings (SSSR count). The third-order valence-electron chi connectivity index (χ3n) is 5.66. The van der Waals surface area contributed by atoms with Crippen LogP contribution in [-0.2, 0) is 21.4 Å². The molecule has 0 amide bonds. The van der Waals surface area contributed by atoms with E-state index in [-0.39, 0.29) is 5.69 Å². The van der Waals surface area contributed by atoms with Crippen LogP contribution in [0.1, 0.15) is 5.56 Å². The molecule has 212 valence electrons. The van der Waals surface area contributed by atoms with Gasteiger partial charge in [-0.25, -0.2) is 27.0 Å². The van der Waals surface area contributed by atoms with Gasteiger partial charge in [-0.05, 0) is 54.1 Å². The average Bonchev–Trinajstić information content (AvgIpc) is 3.27. The Kier molecular flexibility index (Phi) is 8.38. The molecular formula is C28H20F5N3O4S. The first kappa shape index (κ1) is 29.2.